The van der Waals surface area contributed by atoms with Gasteiger partial charge in [0, 0.05) is 10.5 Å². The Balaban J connectivity index is 3.07. The molecule has 1 amide bonds. The van der Waals surface area contributed by atoms with Gasteiger partial charge in [-0.2, -0.15) is 0 Å². The van der Waals surface area contributed by atoms with Gasteiger partial charge >= 0.3 is 5.97 Å². The van der Waals surface area contributed by atoms with Gasteiger partial charge in [0.15, 0.2) is 0 Å². The summed E-state index contributed by atoms with van der Waals surface area (Å²) in [6, 6.07) is 5.19. The molecule has 0 saturated carbocycles. The summed E-state index contributed by atoms with van der Waals surface area (Å²) in [7, 11) is 0. The van der Waals surface area contributed by atoms with Gasteiger partial charge < -0.3 is 10.1 Å². The number of carbonyl (C=O) groups is 2. The second-order valence-electron chi connectivity index (χ2n) is 3.09. The van der Waals surface area contributed by atoms with E-state index in [2.05, 4.69) is 27.9 Å². The predicted molar refractivity (Wildman–Crippen MR) is 69.4 cm³/mol. The predicted octanol–water partition coefficient (Wildman–Crippen LogP) is 2.43. The van der Waals surface area contributed by atoms with Crippen LogP contribution in [-0.4, -0.2) is 18.5 Å². The number of anilines is 1. The molecule has 0 aromatic heterocycles. The number of amides is 1. The molecule has 0 aliphatic rings. The van der Waals surface area contributed by atoms with E-state index in [0.717, 1.165) is 3.57 Å². The normalized spacial score (nSPS) is 9.69. The van der Waals surface area contributed by atoms with Crippen molar-refractivity contribution in [1.29, 1.82) is 0 Å². The molecule has 1 aromatic rings. The monoisotopic (exact) mass is 333 g/mol. The van der Waals surface area contributed by atoms with E-state index in [1.54, 1.807) is 19.1 Å². The molecule has 0 spiro atoms. The van der Waals surface area contributed by atoms with Gasteiger partial charge in [-0.25, -0.2) is 4.79 Å². The molecule has 0 saturated heterocycles. The smallest absolute Gasteiger partial charge is 0.340 e. The highest BCUT2D eigenvalue weighted by Gasteiger charge is 2.13. The van der Waals surface area contributed by atoms with Crippen LogP contribution >= 0.6 is 22.6 Å². The summed E-state index contributed by atoms with van der Waals surface area (Å²) < 4.78 is 5.82. The van der Waals surface area contributed by atoms with Crippen molar-refractivity contribution in [2.24, 2.45) is 0 Å². The van der Waals surface area contributed by atoms with Gasteiger partial charge in [0.25, 0.3) is 0 Å². The van der Waals surface area contributed by atoms with Crippen LogP contribution < -0.4 is 5.32 Å². The Morgan fingerprint density at radius 1 is 1.44 bits per heavy atom. The van der Waals surface area contributed by atoms with Gasteiger partial charge in [0.2, 0.25) is 5.91 Å². The largest absolute Gasteiger partial charge is 0.462 e. The maximum absolute atomic E-state index is 11.6. The van der Waals surface area contributed by atoms with Crippen LogP contribution in [0.25, 0.3) is 0 Å². The quantitative estimate of drug-likeness (QED) is 0.683. The average molecular weight is 333 g/mol. The molecule has 0 aliphatic carbocycles. The minimum absolute atomic E-state index is 0.216. The number of benzene rings is 1. The Hall–Kier alpha value is -1.11. The van der Waals surface area contributed by atoms with E-state index in [1.165, 1.54) is 6.92 Å². The molecule has 0 unspecified atom stereocenters. The summed E-state index contributed by atoms with van der Waals surface area (Å²) in [5.74, 6) is -0.642. The lowest BCUT2D eigenvalue weighted by molar-refractivity contribution is -0.114. The summed E-state index contributed by atoms with van der Waals surface area (Å²) in [4.78, 5) is 22.6. The SMILES string of the molecule is CCOC(=O)c1cc(I)ccc1NC(C)=O. The van der Waals surface area contributed by atoms with E-state index >= 15 is 0 Å². The van der Waals surface area contributed by atoms with Crippen LogP contribution in [-0.2, 0) is 9.53 Å². The molecule has 5 heteroatoms. The lowest BCUT2D eigenvalue weighted by atomic mass is 10.2. The minimum atomic E-state index is -0.426. The van der Waals surface area contributed by atoms with E-state index < -0.39 is 5.97 Å². The van der Waals surface area contributed by atoms with Gasteiger partial charge in [0.1, 0.15) is 0 Å². The van der Waals surface area contributed by atoms with Crippen LogP contribution in [0.3, 0.4) is 0 Å². The molecule has 86 valence electrons. The fourth-order valence-electron chi connectivity index (χ4n) is 1.19. The zero-order valence-electron chi connectivity index (χ0n) is 9.04. The van der Waals surface area contributed by atoms with E-state index in [-0.39, 0.29) is 5.91 Å². The van der Waals surface area contributed by atoms with Crippen molar-refractivity contribution in [2.75, 3.05) is 11.9 Å². The summed E-state index contributed by atoms with van der Waals surface area (Å²) >= 11 is 2.10. The van der Waals surface area contributed by atoms with Gasteiger partial charge in [-0.1, -0.05) is 0 Å². The molecule has 4 nitrogen and oxygen atoms in total. The van der Waals surface area contributed by atoms with Crippen LogP contribution in [0.5, 0.6) is 0 Å². The summed E-state index contributed by atoms with van der Waals surface area (Å²) in [5.41, 5.74) is 0.857. The fraction of sp³-hybridized carbons (Fsp3) is 0.273. The van der Waals surface area contributed by atoms with Crippen molar-refractivity contribution in [3.8, 4) is 0 Å². The molecule has 0 radical (unpaired) electrons. The number of carbonyl (C=O) groups excluding carboxylic acids is 2. The van der Waals surface area contributed by atoms with E-state index in [0.29, 0.717) is 17.9 Å². The molecule has 0 bridgehead atoms. The van der Waals surface area contributed by atoms with Crippen molar-refractivity contribution in [2.45, 2.75) is 13.8 Å². The first-order chi connectivity index (χ1) is 7.54. The van der Waals surface area contributed by atoms with Crippen molar-refractivity contribution in [1.82, 2.24) is 0 Å². The lowest BCUT2D eigenvalue weighted by Gasteiger charge is -2.09. The number of hydrogen-bond donors (Lipinski definition) is 1. The third-order valence-corrected chi connectivity index (χ3v) is 2.46. The number of rotatable bonds is 3. The van der Waals surface area contributed by atoms with Crippen molar-refractivity contribution >= 4 is 40.2 Å². The van der Waals surface area contributed by atoms with Gasteiger partial charge in [0.05, 0.1) is 17.9 Å². The Morgan fingerprint density at radius 2 is 2.12 bits per heavy atom. The van der Waals surface area contributed by atoms with E-state index in [9.17, 15) is 9.59 Å². The van der Waals surface area contributed by atoms with Gasteiger partial charge in [-0.15, -0.1) is 0 Å². The number of ether oxygens (including phenoxy) is 1. The molecular formula is C11H12INO3. The number of esters is 1. The standard InChI is InChI=1S/C11H12INO3/c1-3-16-11(15)9-6-8(12)4-5-10(9)13-7(2)14/h4-6H,3H2,1-2H3,(H,13,14). The highest BCUT2D eigenvalue weighted by molar-refractivity contribution is 14.1. The maximum atomic E-state index is 11.6. The van der Waals surface area contributed by atoms with Crippen LogP contribution in [0.4, 0.5) is 5.69 Å². The molecule has 1 aromatic carbocycles. The highest BCUT2D eigenvalue weighted by Crippen LogP contribution is 2.19. The van der Waals surface area contributed by atoms with E-state index in [1.807, 2.05) is 6.07 Å². The minimum Gasteiger partial charge on any atom is -0.462 e. The van der Waals surface area contributed by atoms with Crippen LogP contribution in [0.15, 0.2) is 18.2 Å². The molecule has 0 atom stereocenters. The number of hydrogen-bond acceptors (Lipinski definition) is 3. The molecular weight excluding hydrogens is 321 g/mol. The van der Waals surface area contributed by atoms with E-state index in [4.69, 9.17) is 4.74 Å². The Morgan fingerprint density at radius 3 is 2.69 bits per heavy atom. The van der Waals surface area contributed by atoms with Crippen LogP contribution in [0.2, 0.25) is 0 Å². The Kier molecular flexibility index (Phi) is 4.72. The topological polar surface area (TPSA) is 55.4 Å². The zero-order valence-corrected chi connectivity index (χ0v) is 11.2. The molecule has 1 N–H and O–H groups in total. The number of halogens is 1. The third kappa shape index (κ3) is 3.48. The first-order valence-corrected chi connectivity index (χ1v) is 5.86. The Labute approximate surface area is 108 Å². The van der Waals surface area contributed by atoms with Crippen molar-refractivity contribution in [3.05, 3.63) is 27.3 Å². The molecule has 0 fully saturated rings. The van der Waals surface area contributed by atoms with Crippen molar-refractivity contribution < 1.29 is 14.3 Å². The molecule has 1 rings (SSSR count). The molecule has 16 heavy (non-hydrogen) atoms. The van der Waals surface area contributed by atoms with Gasteiger partial charge in [-0.05, 0) is 47.7 Å². The third-order valence-electron chi connectivity index (χ3n) is 1.79. The van der Waals surface area contributed by atoms with Crippen molar-refractivity contribution in [3.63, 3.8) is 0 Å². The van der Waals surface area contributed by atoms with Crippen LogP contribution in [0.1, 0.15) is 24.2 Å². The first kappa shape index (κ1) is 13.0. The molecule has 0 aliphatic heterocycles. The maximum Gasteiger partial charge on any atom is 0.340 e. The second kappa shape index (κ2) is 5.83. The Bertz CT molecular complexity index is 418. The zero-order chi connectivity index (χ0) is 12.1. The fourth-order valence-corrected chi connectivity index (χ4v) is 1.68. The highest BCUT2D eigenvalue weighted by atomic mass is 127. The summed E-state index contributed by atoms with van der Waals surface area (Å²) in [6.45, 7) is 3.45. The summed E-state index contributed by atoms with van der Waals surface area (Å²) in [5, 5.41) is 2.60. The summed E-state index contributed by atoms with van der Waals surface area (Å²) in [6.07, 6.45) is 0. The lowest BCUT2D eigenvalue weighted by Crippen LogP contribution is -2.13. The second-order valence-corrected chi connectivity index (χ2v) is 4.34. The molecule has 0 heterocycles. The first-order valence-electron chi connectivity index (χ1n) is 4.79. The number of nitrogens with one attached hydrogen (secondary N) is 1. The van der Waals surface area contributed by atoms with Gasteiger partial charge in [-0.3, -0.25) is 4.79 Å². The van der Waals surface area contributed by atoms with Crippen LogP contribution in [0, 0.1) is 3.57 Å². The average Bonchev–Trinajstić information content (AvgIpc) is 2.20.